The number of hydrogen-bond donors (Lipinski definition) is 1. The zero-order valence-corrected chi connectivity index (χ0v) is 20.0. The number of rotatable bonds is 8. The molecule has 0 saturated heterocycles. The molecule has 2 aromatic carbocycles. The number of carbonyl (C=O) groups excluding carboxylic acids is 1. The van der Waals surface area contributed by atoms with Crippen LogP contribution in [0.25, 0.3) is 5.57 Å². The van der Waals surface area contributed by atoms with E-state index in [2.05, 4.69) is 73.9 Å². The highest BCUT2D eigenvalue weighted by molar-refractivity contribution is 6.02. The van der Waals surface area contributed by atoms with Crippen LogP contribution in [0, 0.1) is 0 Å². The Morgan fingerprint density at radius 2 is 1.70 bits per heavy atom. The average molecular weight is 444 g/mol. The third-order valence-corrected chi connectivity index (χ3v) is 6.60. The largest absolute Gasteiger partial charge is 0.456 e. The molecule has 2 aliphatic rings. The highest BCUT2D eigenvalue weighted by Gasteiger charge is 2.30. The molecule has 172 valence electrons. The lowest BCUT2D eigenvalue weighted by atomic mass is 9.84. The van der Waals surface area contributed by atoms with Crippen LogP contribution in [-0.4, -0.2) is 43.0 Å². The Balaban J connectivity index is 1.94. The first-order valence-corrected chi connectivity index (χ1v) is 11.9. The number of allylic oxidation sites excluding steroid dienone is 1. The van der Waals surface area contributed by atoms with Crippen LogP contribution in [0.15, 0.2) is 72.0 Å². The number of anilines is 1. The van der Waals surface area contributed by atoms with Gasteiger partial charge in [-0.05, 0) is 56.8 Å². The standard InChI is InChI=1S/C28H33N3O2/c1-5-30(6-2)19-13-15-23-25(17-19)33-26-18-20(31(7-3)8-4)14-16-24(26)27(23)21-11-9-10-12-22(21)28(29)32/h9-19H,5-8H2,1-4H3,(H2,29,32). The summed E-state index contributed by atoms with van der Waals surface area (Å²) in [7, 11) is 0. The van der Waals surface area contributed by atoms with Crippen LogP contribution in [0.1, 0.15) is 49.2 Å². The van der Waals surface area contributed by atoms with Gasteiger partial charge in [-0.25, -0.2) is 0 Å². The maximum atomic E-state index is 12.3. The van der Waals surface area contributed by atoms with Gasteiger partial charge in [-0.1, -0.05) is 44.2 Å². The van der Waals surface area contributed by atoms with E-state index in [1.165, 1.54) is 0 Å². The molecule has 0 fully saturated rings. The van der Waals surface area contributed by atoms with Crippen molar-refractivity contribution in [3.63, 3.8) is 0 Å². The molecule has 5 nitrogen and oxygen atoms in total. The van der Waals surface area contributed by atoms with Crippen molar-refractivity contribution in [1.82, 2.24) is 4.90 Å². The Hall–Kier alpha value is -3.31. The molecule has 2 aromatic rings. The first kappa shape index (κ1) is 22.9. The van der Waals surface area contributed by atoms with Crippen molar-refractivity contribution in [3.05, 3.63) is 88.7 Å². The number of ether oxygens (including phenoxy) is 1. The third kappa shape index (κ3) is 4.21. The van der Waals surface area contributed by atoms with Gasteiger partial charge >= 0.3 is 0 Å². The lowest BCUT2D eigenvalue weighted by Crippen LogP contribution is -2.34. The number of carbonyl (C=O) groups is 1. The minimum Gasteiger partial charge on any atom is -0.456 e. The van der Waals surface area contributed by atoms with Gasteiger partial charge in [-0.3, -0.25) is 9.69 Å². The summed E-state index contributed by atoms with van der Waals surface area (Å²) >= 11 is 0. The maximum absolute atomic E-state index is 12.3. The second-order valence-corrected chi connectivity index (χ2v) is 8.26. The fraction of sp³-hybridized carbons (Fsp3) is 0.321. The molecule has 1 heterocycles. The van der Waals surface area contributed by atoms with Crippen molar-refractivity contribution < 1.29 is 9.53 Å². The minimum atomic E-state index is -0.433. The first-order chi connectivity index (χ1) is 16.0. The number of nitrogens with zero attached hydrogens (tertiary/aromatic N) is 2. The van der Waals surface area contributed by atoms with E-state index in [0.717, 1.165) is 65.6 Å². The molecular formula is C28H33N3O2. The van der Waals surface area contributed by atoms with Gasteiger partial charge in [0.1, 0.15) is 11.5 Å². The van der Waals surface area contributed by atoms with Crippen LogP contribution in [-0.2, 0) is 0 Å². The lowest BCUT2D eigenvalue weighted by Gasteiger charge is -2.33. The van der Waals surface area contributed by atoms with E-state index in [1.54, 1.807) is 6.07 Å². The number of nitrogens with two attached hydrogens (primary N) is 1. The zero-order chi connectivity index (χ0) is 23.5. The van der Waals surface area contributed by atoms with Gasteiger partial charge in [0.2, 0.25) is 5.91 Å². The van der Waals surface area contributed by atoms with E-state index in [4.69, 9.17) is 10.5 Å². The Bertz CT molecular complexity index is 1140. The van der Waals surface area contributed by atoms with Crippen molar-refractivity contribution in [2.75, 3.05) is 31.1 Å². The molecule has 1 aliphatic heterocycles. The number of benzene rings is 2. The van der Waals surface area contributed by atoms with Crippen molar-refractivity contribution >= 4 is 17.2 Å². The van der Waals surface area contributed by atoms with Gasteiger partial charge in [0.05, 0.1) is 6.04 Å². The summed E-state index contributed by atoms with van der Waals surface area (Å²) in [4.78, 5) is 17.0. The molecule has 1 aliphatic carbocycles. The van der Waals surface area contributed by atoms with Crippen LogP contribution in [0.5, 0.6) is 5.75 Å². The molecule has 0 radical (unpaired) electrons. The van der Waals surface area contributed by atoms with E-state index >= 15 is 0 Å². The molecule has 2 N–H and O–H groups in total. The molecule has 1 amide bonds. The van der Waals surface area contributed by atoms with Crippen LogP contribution in [0.4, 0.5) is 5.69 Å². The Kier molecular flexibility index (Phi) is 6.70. The molecule has 0 bridgehead atoms. The van der Waals surface area contributed by atoms with Gasteiger partial charge in [0, 0.05) is 47.1 Å². The van der Waals surface area contributed by atoms with Gasteiger partial charge in [-0.15, -0.1) is 0 Å². The third-order valence-electron chi connectivity index (χ3n) is 6.60. The summed E-state index contributed by atoms with van der Waals surface area (Å²) in [5.74, 6) is 1.20. The SMILES string of the molecule is CCN(CC)c1ccc2c(c1)OC1=CC(N(CC)CC)C=CC1=C2c1ccccc1C(N)=O. The number of amides is 1. The molecule has 1 unspecified atom stereocenters. The molecule has 0 spiro atoms. The first-order valence-electron chi connectivity index (χ1n) is 11.9. The molecule has 33 heavy (non-hydrogen) atoms. The van der Waals surface area contributed by atoms with Gasteiger partial charge in [0.25, 0.3) is 0 Å². The lowest BCUT2D eigenvalue weighted by molar-refractivity contribution is 0.1000. The highest BCUT2D eigenvalue weighted by Crippen LogP contribution is 2.45. The van der Waals surface area contributed by atoms with Crippen LogP contribution in [0.3, 0.4) is 0 Å². The monoisotopic (exact) mass is 443 g/mol. The number of likely N-dealkylation sites (N-methyl/N-ethyl adjacent to an activating group) is 1. The average Bonchev–Trinajstić information content (AvgIpc) is 2.84. The van der Waals surface area contributed by atoms with E-state index < -0.39 is 5.91 Å². The number of fused-ring (bicyclic) bond motifs is 2. The normalized spacial score (nSPS) is 16.8. The molecular weight excluding hydrogens is 410 g/mol. The van der Waals surface area contributed by atoms with Crippen molar-refractivity contribution in [1.29, 1.82) is 0 Å². The zero-order valence-electron chi connectivity index (χ0n) is 20.0. The topological polar surface area (TPSA) is 58.8 Å². The van der Waals surface area contributed by atoms with E-state index in [0.29, 0.717) is 5.56 Å². The number of primary amides is 1. The van der Waals surface area contributed by atoms with E-state index in [9.17, 15) is 4.79 Å². The highest BCUT2D eigenvalue weighted by atomic mass is 16.5. The fourth-order valence-electron chi connectivity index (χ4n) is 4.80. The van der Waals surface area contributed by atoms with Crippen molar-refractivity contribution in [2.24, 2.45) is 5.73 Å². The molecule has 0 saturated carbocycles. The summed E-state index contributed by atoms with van der Waals surface area (Å²) < 4.78 is 6.52. The quantitative estimate of drug-likeness (QED) is 0.624. The molecule has 4 rings (SSSR count). The Morgan fingerprint density at radius 3 is 2.36 bits per heavy atom. The van der Waals surface area contributed by atoms with Gasteiger partial charge in [0.15, 0.2) is 0 Å². The molecule has 1 atom stereocenters. The smallest absolute Gasteiger partial charge is 0.249 e. The predicted octanol–water partition coefficient (Wildman–Crippen LogP) is 4.99. The summed E-state index contributed by atoms with van der Waals surface area (Å²) in [5.41, 5.74) is 11.2. The summed E-state index contributed by atoms with van der Waals surface area (Å²) in [6.07, 6.45) is 6.52. The van der Waals surface area contributed by atoms with Crippen LogP contribution >= 0.6 is 0 Å². The van der Waals surface area contributed by atoms with Crippen molar-refractivity contribution in [3.8, 4) is 5.75 Å². The van der Waals surface area contributed by atoms with E-state index in [1.807, 2.05) is 18.2 Å². The fourth-order valence-corrected chi connectivity index (χ4v) is 4.80. The second kappa shape index (κ2) is 9.67. The molecule has 0 aromatic heterocycles. The van der Waals surface area contributed by atoms with Crippen LogP contribution < -0.4 is 15.4 Å². The summed E-state index contributed by atoms with van der Waals surface area (Å²) in [6, 6.07) is 14.1. The second-order valence-electron chi connectivity index (χ2n) is 8.26. The van der Waals surface area contributed by atoms with Gasteiger partial charge in [-0.2, -0.15) is 0 Å². The maximum Gasteiger partial charge on any atom is 0.249 e. The summed E-state index contributed by atoms with van der Waals surface area (Å²) in [6.45, 7) is 12.4. The van der Waals surface area contributed by atoms with Crippen molar-refractivity contribution in [2.45, 2.75) is 33.7 Å². The minimum absolute atomic E-state index is 0.166. The van der Waals surface area contributed by atoms with Crippen LogP contribution in [0.2, 0.25) is 0 Å². The van der Waals surface area contributed by atoms with Gasteiger partial charge < -0.3 is 15.4 Å². The van der Waals surface area contributed by atoms with E-state index in [-0.39, 0.29) is 6.04 Å². The summed E-state index contributed by atoms with van der Waals surface area (Å²) in [5, 5.41) is 0. The predicted molar refractivity (Wildman–Crippen MR) is 136 cm³/mol. The number of hydrogen-bond acceptors (Lipinski definition) is 4. The Labute approximate surface area is 196 Å². The Morgan fingerprint density at radius 1 is 0.970 bits per heavy atom. The molecule has 5 heteroatoms.